The summed E-state index contributed by atoms with van der Waals surface area (Å²) in [5, 5.41) is 5.73. The van der Waals surface area contributed by atoms with Crippen LogP contribution in [0.4, 0.5) is 10.5 Å². The molecule has 2 N–H and O–H groups in total. The molecule has 1 aliphatic heterocycles. The summed E-state index contributed by atoms with van der Waals surface area (Å²) in [4.78, 5) is 40.9. The number of hydrogen-bond acceptors (Lipinski definition) is 5. The highest BCUT2D eigenvalue weighted by molar-refractivity contribution is 5.99. The molecule has 8 nitrogen and oxygen atoms in total. The number of aryl methyl sites for hydroxylation is 1. The summed E-state index contributed by atoms with van der Waals surface area (Å²) >= 11 is 0. The van der Waals surface area contributed by atoms with E-state index in [1.54, 1.807) is 31.4 Å². The molecule has 8 heteroatoms. The summed E-state index contributed by atoms with van der Waals surface area (Å²) in [6, 6.07) is 22.1. The van der Waals surface area contributed by atoms with Gasteiger partial charge in [0.15, 0.2) is 0 Å². The normalized spacial score (nSPS) is 15.5. The number of rotatable bonds is 8. The maximum absolute atomic E-state index is 13.4. The molecule has 37 heavy (non-hydrogen) atoms. The third kappa shape index (κ3) is 6.67. The van der Waals surface area contributed by atoms with Crippen molar-refractivity contribution in [3.63, 3.8) is 0 Å². The lowest BCUT2D eigenvalue weighted by molar-refractivity contribution is -0.129. The minimum absolute atomic E-state index is 0.126. The molecule has 0 aromatic heterocycles. The Balaban J connectivity index is 1.46. The SMILES string of the molecule is COc1ccc(NC(=O)[C@@H](NC(=O)[C@H]2CCCN2C(=O)OCc2ccccc2)c2ccc(C)cc2)cc1. The van der Waals surface area contributed by atoms with Crippen LogP contribution in [0.2, 0.25) is 0 Å². The van der Waals surface area contributed by atoms with Gasteiger partial charge in [-0.1, -0.05) is 60.2 Å². The predicted molar refractivity (Wildman–Crippen MR) is 140 cm³/mol. The van der Waals surface area contributed by atoms with Crippen molar-refractivity contribution in [2.75, 3.05) is 19.0 Å². The second-order valence-electron chi connectivity index (χ2n) is 8.96. The van der Waals surface area contributed by atoms with Crippen molar-refractivity contribution in [3.05, 3.63) is 95.6 Å². The molecule has 1 heterocycles. The molecule has 0 saturated carbocycles. The molecule has 0 spiro atoms. The molecule has 0 radical (unpaired) electrons. The first-order chi connectivity index (χ1) is 17.9. The molecule has 3 aromatic carbocycles. The molecule has 0 unspecified atom stereocenters. The lowest BCUT2D eigenvalue weighted by atomic mass is 10.0. The van der Waals surface area contributed by atoms with Crippen molar-refractivity contribution in [1.29, 1.82) is 0 Å². The van der Waals surface area contributed by atoms with E-state index in [9.17, 15) is 14.4 Å². The molecule has 1 fully saturated rings. The summed E-state index contributed by atoms with van der Waals surface area (Å²) in [5.74, 6) is -0.120. The quantitative estimate of drug-likeness (QED) is 0.470. The van der Waals surface area contributed by atoms with Crippen molar-refractivity contribution < 1.29 is 23.9 Å². The summed E-state index contributed by atoms with van der Waals surface area (Å²) in [6.07, 6.45) is 0.620. The number of anilines is 1. The first-order valence-electron chi connectivity index (χ1n) is 12.2. The highest BCUT2D eigenvalue weighted by Crippen LogP contribution is 2.23. The van der Waals surface area contributed by atoms with Crippen LogP contribution in [-0.2, 0) is 20.9 Å². The van der Waals surface area contributed by atoms with Crippen molar-refractivity contribution >= 4 is 23.6 Å². The van der Waals surface area contributed by atoms with E-state index >= 15 is 0 Å². The predicted octanol–water partition coefficient (Wildman–Crippen LogP) is 4.60. The molecule has 3 amide bonds. The number of carbonyl (C=O) groups excluding carboxylic acids is 3. The molecular formula is C29H31N3O5. The van der Waals surface area contributed by atoms with Crippen molar-refractivity contribution in [3.8, 4) is 5.75 Å². The first-order valence-corrected chi connectivity index (χ1v) is 12.2. The standard InChI is InChI=1S/C29H31N3O5/c1-20-10-12-22(13-11-20)26(28(34)30-23-14-16-24(36-2)17-15-23)31-27(33)25-9-6-18-32(25)29(35)37-19-21-7-4-3-5-8-21/h3-5,7-8,10-17,25-26H,6,9,18-19H2,1-2H3,(H,30,34)(H,31,33)/t25-,26+/m1/s1. The van der Waals surface area contributed by atoms with Crippen molar-refractivity contribution in [2.24, 2.45) is 0 Å². The van der Waals surface area contributed by atoms with Crippen LogP contribution in [0.5, 0.6) is 5.75 Å². The smallest absolute Gasteiger partial charge is 0.410 e. The van der Waals surface area contributed by atoms with Crippen molar-refractivity contribution in [2.45, 2.75) is 38.5 Å². The number of nitrogens with zero attached hydrogens (tertiary/aromatic N) is 1. The summed E-state index contributed by atoms with van der Waals surface area (Å²) in [6.45, 7) is 2.49. The minimum Gasteiger partial charge on any atom is -0.497 e. The fourth-order valence-corrected chi connectivity index (χ4v) is 4.25. The average Bonchev–Trinajstić information content (AvgIpc) is 3.42. The molecular weight excluding hydrogens is 470 g/mol. The minimum atomic E-state index is -0.946. The zero-order chi connectivity index (χ0) is 26.2. The lowest BCUT2D eigenvalue weighted by Gasteiger charge is -2.26. The van der Waals surface area contributed by atoms with E-state index in [2.05, 4.69) is 10.6 Å². The van der Waals surface area contributed by atoms with Gasteiger partial charge in [-0.2, -0.15) is 0 Å². The Morgan fingerprint density at radius 3 is 2.35 bits per heavy atom. The molecule has 192 valence electrons. The van der Waals surface area contributed by atoms with E-state index in [4.69, 9.17) is 9.47 Å². The van der Waals surface area contributed by atoms with Gasteiger partial charge in [0.05, 0.1) is 7.11 Å². The number of nitrogens with one attached hydrogen (secondary N) is 2. The van der Waals surface area contributed by atoms with E-state index in [-0.39, 0.29) is 6.61 Å². The van der Waals surface area contributed by atoms with Gasteiger partial charge in [-0.05, 0) is 55.2 Å². The van der Waals surface area contributed by atoms with Crippen LogP contribution in [0.1, 0.15) is 35.6 Å². The molecule has 0 bridgehead atoms. The summed E-state index contributed by atoms with van der Waals surface area (Å²) in [7, 11) is 1.57. The Morgan fingerprint density at radius 2 is 1.68 bits per heavy atom. The van der Waals surface area contributed by atoms with Crippen LogP contribution in [0, 0.1) is 6.92 Å². The fraction of sp³-hybridized carbons (Fsp3) is 0.276. The monoisotopic (exact) mass is 501 g/mol. The van der Waals surface area contributed by atoms with E-state index in [1.165, 1.54) is 4.90 Å². The Hall–Kier alpha value is -4.33. The van der Waals surface area contributed by atoms with Gasteiger partial charge >= 0.3 is 6.09 Å². The Labute approximate surface area is 216 Å². The van der Waals surface area contributed by atoms with Gasteiger partial charge in [0, 0.05) is 12.2 Å². The van der Waals surface area contributed by atoms with Crippen LogP contribution >= 0.6 is 0 Å². The van der Waals surface area contributed by atoms with E-state index < -0.39 is 30.0 Å². The Kier molecular flexibility index (Phi) is 8.40. The van der Waals surface area contributed by atoms with Crippen LogP contribution in [-0.4, -0.2) is 42.5 Å². The number of likely N-dealkylation sites (tertiary alicyclic amines) is 1. The van der Waals surface area contributed by atoms with Gasteiger partial charge in [-0.3, -0.25) is 14.5 Å². The number of benzene rings is 3. The number of carbonyl (C=O) groups is 3. The van der Waals surface area contributed by atoms with Crippen LogP contribution in [0.25, 0.3) is 0 Å². The van der Waals surface area contributed by atoms with Crippen LogP contribution in [0.3, 0.4) is 0 Å². The van der Waals surface area contributed by atoms with Gasteiger partial charge in [-0.15, -0.1) is 0 Å². The zero-order valence-electron chi connectivity index (χ0n) is 21.0. The number of amides is 3. The van der Waals surface area contributed by atoms with Gasteiger partial charge in [0.25, 0.3) is 5.91 Å². The first kappa shape index (κ1) is 25.8. The topological polar surface area (TPSA) is 97.0 Å². The van der Waals surface area contributed by atoms with E-state index in [0.29, 0.717) is 36.4 Å². The van der Waals surface area contributed by atoms with Gasteiger partial charge < -0.3 is 20.1 Å². The highest BCUT2D eigenvalue weighted by atomic mass is 16.6. The van der Waals surface area contributed by atoms with Gasteiger partial charge in [-0.25, -0.2) is 4.79 Å². The second kappa shape index (κ2) is 12.1. The summed E-state index contributed by atoms with van der Waals surface area (Å²) < 4.78 is 10.6. The van der Waals surface area contributed by atoms with Crippen LogP contribution in [0.15, 0.2) is 78.9 Å². The second-order valence-corrected chi connectivity index (χ2v) is 8.96. The van der Waals surface area contributed by atoms with E-state index in [1.807, 2.05) is 61.5 Å². The third-order valence-electron chi connectivity index (χ3n) is 6.31. The molecule has 1 saturated heterocycles. The maximum atomic E-state index is 13.4. The van der Waals surface area contributed by atoms with Crippen molar-refractivity contribution in [1.82, 2.24) is 10.2 Å². The molecule has 3 aromatic rings. The summed E-state index contributed by atoms with van der Waals surface area (Å²) in [5.41, 5.74) is 3.11. The van der Waals surface area contributed by atoms with Gasteiger partial charge in [0.1, 0.15) is 24.4 Å². The lowest BCUT2D eigenvalue weighted by Crippen LogP contribution is -2.48. The molecule has 2 atom stereocenters. The number of hydrogen-bond donors (Lipinski definition) is 2. The number of ether oxygens (including phenoxy) is 2. The molecule has 4 rings (SSSR count). The van der Waals surface area contributed by atoms with Gasteiger partial charge in [0.2, 0.25) is 5.91 Å². The average molecular weight is 502 g/mol. The highest BCUT2D eigenvalue weighted by Gasteiger charge is 2.37. The largest absolute Gasteiger partial charge is 0.497 e. The molecule has 0 aliphatic carbocycles. The molecule has 1 aliphatic rings. The maximum Gasteiger partial charge on any atom is 0.410 e. The zero-order valence-corrected chi connectivity index (χ0v) is 21.0. The van der Waals surface area contributed by atoms with E-state index in [0.717, 1.165) is 11.1 Å². The Morgan fingerprint density at radius 1 is 0.973 bits per heavy atom. The fourth-order valence-electron chi connectivity index (χ4n) is 4.25. The number of methoxy groups -OCH3 is 1. The van der Waals surface area contributed by atoms with Crippen LogP contribution < -0.4 is 15.4 Å². The third-order valence-corrected chi connectivity index (χ3v) is 6.31. The Bertz CT molecular complexity index is 1210.